The van der Waals surface area contributed by atoms with Crippen LogP contribution in [0.3, 0.4) is 0 Å². The summed E-state index contributed by atoms with van der Waals surface area (Å²) in [5, 5.41) is 2.59. The number of ether oxygens (including phenoxy) is 2. The number of hydrogen-bond donors (Lipinski definition) is 2. The lowest BCUT2D eigenvalue weighted by atomic mass is 10.1. The van der Waals surface area contributed by atoms with E-state index in [1.165, 1.54) is 14.2 Å². The molecule has 0 bridgehead atoms. The third-order valence-electron chi connectivity index (χ3n) is 5.17. The maximum absolute atomic E-state index is 13.2. The second-order valence-corrected chi connectivity index (χ2v) is 7.85. The number of nitrogens with zero attached hydrogens (tertiary/aromatic N) is 2. The van der Waals surface area contributed by atoms with Gasteiger partial charge in [-0.2, -0.15) is 0 Å². The molecule has 1 saturated heterocycles. The van der Waals surface area contributed by atoms with Crippen LogP contribution >= 0.6 is 15.9 Å². The van der Waals surface area contributed by atoms with Crippen LogP contribution in [0.2, 0.25) is 0 Å². The number of carbonyl (C=O) groups is 2. The third kappa shape index (κ3) is 4.79. The molecule has 3 atom stereocenters. The van der Waals surface area contributed by atoms with Crippen molar-refractivity contribution in [2.24, 2.45) is 0 Å². The number of aromatic nitrogens is 2. The number of halogens is 1. The van der Waals surface area contributed by atoms with Gasteiger partial charge in [0, 0.05) is 18.1 Å². The number of hydrogen-bond acceptors (Lipinski definition) is 5. The minimum atomic E-state index is -0.839. The highest BCUT2D eigenvalue weighted by atomic mass is 79.9. The summed E-state index contributed by atoms with van der Waals surface area (Å²) in [6.07, 6.45) is 2.26. The van der Waals surface area contributed by atoms with Crippen LogP contribution in [0.25, 0.3) is 11.3 Å². The molecule has 1 fully saturated rings. The average molecular weight is 465 g/mol. The highest BCUT2D eigenvalue weighted by Crippen LogP contribution is 2.32. The second kappa shape index (κ2) is 9.41. The molecule has 0 saturated carbocycles. The van der Waals surface area contributed by atoms with Gasteiger partial charge in [-0.3, -0.25) is 4.79 Å². The molecule has 2 N–H and O–H groups in total. The van der Waals surface area contributed by atoms with Crippen molar-refractivity contribution in [2.45, 2.75) is 38.0 Å². The molecule has 1 aromatic heterocycles. The smallest absolute Gasteiger partial charge is 0.407 e. The Kier molecular flexibility index (Phi) is 6.92. The molecule has 1 aliphatic heterocycles. The van der Waals surface area contributed by atoms with E-state index in [9.17, 15) is 9.59 Å². The van der Waals surface area contributed by atoms with E-state index in [0.717, 1.165) is 34.4 Å². The van der Waals surface area contributed by atoms with Gasteiger partial charge in [0.05, 0.1) is 31.1 Å². The molecule has 0 spiro atoms. The maximum atomic E-state index is 13.2. The van der Waals surface area contributed by atoms with E-state index >= 15 is 0 Å². The highest BCUT2D eigenvalue weighted by Gasteiger charge is 2.38. The lowest BCUT2D eigenvalue weighted by Crippen LogP contribution is -2.54. The number of methoxy groups -OCH3 is 2. The van der Waals surface area contributed by atoms with Gasteiger partial charge in [0.2, 0.25) is 5.91 Å². The van der Waals surface area contributed by atoms with Crippen LogP contribution < -0.4 is 5.32 Å². The van der Waals surface area contributed by atoms with Crippen molar-refractivity contribution in [3.05, 3.63) is 40.8 Å². The van der Waals surface area contributed by atoms with Gasteiger partial charge in [-0.15, -0.1) is 0 Å². The van der Waals surface area contributed by atoms with E-state index < -0.39 is 18.2 Å². The molecule has 1 aromatic carbocycles. The summed E-state index contributed by atoms with van der Waals surface area (Å²) in [7, 11) is 2.77. The van der Waals surface area contributed by atoms with Gasteiger partial charge in [-0.05, 0) is 37.5 Å². The summed E-state index contributed by atoms with van der Waals surface area (Å²) >= 11 is 3.43. The number of aromatic amines is 1. The van der Waals surface area contributed by atoms with Crippen molar-refractivity contribution in [3.63, 3.8) is 0 Å². The quantitative estimate of drug-likeness (QED) is 0.683. The fourth-order valence-corrected chi connectivity index (χ4v) is 3.74. The van der Waals surface area contributed by atoms with Gasteiger partial charge in [0.15, 0.2) is 0 Å². The Balaban J connectivity index is 1.80. The van der Waals surface area contributed by atoms with Crippen LogP contribution in [0.5, 0.6) is 0 Å². The van der Waals surface area contributed by atoms with Crippen LogP contribution in [0.1, 0.15) is 31.6 Å². The number of amides is 2. The molecule has 2 amide bonds. The zero-order valence-corrected chi connectivity index (χ0v) is 18.2. The molecule has 156 valence electrons. The van der Waals surface area contributed by atoms with Crippen LogP contribution in [-0.2, 0) is 14.3 Å². The maximum Gasteiger partial charge on any atom is 0.407 e. The first-order valence-corrected chi connectivity index (χ1v) is 10.2. The summed E-state index contributed by atoms with van der Waals surface area (Å²) < 4.78 is 11.0. The van der Waals surface area contributed by atoms with Crippen molar-refractivity contribution in [3.8, 4) is 11.3 Å². The summed E-state index contributed by atoms with van der Waals surface area (Å²) in [4.78, 5) is 34.6. The lowest BCUT2D eigenvalue weighted by molar-refractivity contribution is -0.137. The SMILES string of the molecule is COC(=O)N[C@H](C(=O)N1CCC[C@H]1c1ncc(-c2ccc(Br)cc2)[nH]1)[C@@H](C)OC. The van der Waals surface area contributed by atoms with E-state index in [2.05, 4.69) is 36.0 Å². The van der Waals surface area contributed by atoms with E-state index in [1.807, 2.05) is 24.3 Å². The zero-order chi connectivity index (χ0) is 21.0. The topological polar surface area (TPSA) is 96.5 Å². The Bertz CT molecular complexity index is 854. The molecule has 2 aromatic rings. The zero-order valence-electron chi connectivity index (χ0n) is 16.6. The summed E-state index contributed by atoms with van der Waals surface area (Å²) in [6.45, 7) is 2.33. The van der Waals surface area contributed by atoms with E-state index in [-0.39, 0.29) is 11.9 Å². The standard InChI is InChI=1S/C20H25BrN4O4/c1-12(28-2)17(24-20(27)29-3)19(26)25-10-4-5-16(25)18-22-11-15(23-18)13-6-8-14(21)9-7-13/h6-9,11-12,16-17H,4-5,10H2,1-3H3,(H,22,23)(H,24,27)/t12-,16+,17+/m1/s1. The van der Waals surface area contributed by atoms with E-state index in [1.54, 1.807) is 18.0 Å². The largest absolute Gasteiger partial charge is 0.453 e. The molecule has 8 nitrogen and oxygen atoms in total. The van der Waals surface area contributed by atoms with Crippen LogP contribution in [-0.4, -0.2) is 59.8 Å². The molecule has 0 radical (unpaired) electrons. The van der Waals surface area contributed by atoms with Gasteiger partial charge in [0.1, 0.15) is 11.9 Å². The Morgan fingerprint density at radius 3 is 2.69 bits per heavy atom. The normalized spacial score (nSPS) is 18.3. The monoisotopic (exact) mass is 464 g/mol. The molecule has 29 heavy (non-hydrogen) atoms. The van der Waals surface area contributed by atoms with Gasteiger partial charge in [-0.1, -0.05) is 28.1 Å². The Labute approximate surface area is 178 Å². The number of rotatable bonds is 6. The second-order valence-electron chi connectivity index (χ2n) is 6.93. The van der Waals surface area contributed by atoms with E-state index in [4.69, 9.17) is 4.74 Å². The predicted octanol–water partition coefficient (Wildman–Crippen LogP) is 3.26. The molecule has 1 aliphatic rings. The number of benzene rings is 1. The number of imidazole rings is 1. The predicted molar refractivity (Wildman–Crippen MR) is 111 cm³/mol. The first-order valence-electron chi connectivity index (χ1n) is 9.43. The van der Waals surface area contributed by atoms with Gasteiger partial charge < -0.3 is 24.7 Å². The first kappa shape index (κ1) is 21.3. The Morgan fingerprint density at radius 2 is 2.03 bits per heavy atom. The van der Waals surface area contributed by atoms with Crippen molar-refractivity contribution < 1.29 is 19.1 Å². The summed E-state index contributed by atoms with van der Waals surface area (Å²) in [5.41, 5.74) is 1.90. The minimum absolute atomic E-state index is 0.183. The average Bonchev–Trinajstić information content (AvgIpc) is 3.40. The fourth-order valence-electron chi connectivity index (χ4n) is 3.48. The lowest BCUT2D eigenvalue weighted by Gasteiger charge is -2.30. The van der Waals surface area contributed by atoms with Crippen LogP contribution in [0, 0.1) is 0 Å². The Hall–Kier alpha value is -2.39. The number of H-pyrrole nitrogens is 1. The first-order chi connectivity index (χ1) is 13.9. The molecule has 9 heteroatoms. The van der Waals surface area contributed by atoms with Crippen molar-refractivity contribution in [2.75, 3.05) is 20.8 Å². The summed E-state index contributed by atoms with van der Waals surface area (Å²) in [6, 6.07) is 6.91. The molecule has 0 aliphatic carbocycles. The van der Waals surface area contributed by atoms with Gasteiger partial charge in [-0.25, -0.2) is 9.78 Å². The van der Waals surface area contributed by atoms with Crippen LogP contribution in [0.15, 0.2) is 34.9 Å². The third-order valence-corrected chi connectivity index (χ3v) is 5.70. The Morgan fingerprint density at radius 1 is 1.31 bits per heavy atom. The molecule has 3 rings (SSSR count). The molecular weight excluding hydrogens is 440 g/mol. The number of alkyl carbamates (subject to hydrolysis) is 1. The molecule has 0 unspecified atom stereocenters. The summed E-state index contributed by atoms with van der Waals surface area (Å²) in [5.74, 6) is 0.518. The van der Waals surface area contributed by atoms with Gasteiger partial charge in [0.25, 0.3) is 0 Å². The highest BCUT2D eigenvalue weighted by molar-refractivity contribution is 9.10. The number of nitrogens with one attached hydrogen (secondary N) is 2. The fraction of sp³-hybridized carbons (Fsp3) is 0.450. The van der Waals surface area contributed by atoms with Crippen molar-refractivity contribution in [1.29, 1.82) is 0 Å². The van der Waals surface area contributed by atoms with Crippen molar-refractivity contribution >= 4 is 27.9 Å². The van der Waals surface area contributed by atoms with Gasteiger partial charge >= 0.3 is 6.09 Å². The van der Waals surface area contributed by atoms with Crippen molar-refractivity contribution in [1.82, 2.24) is 20.2 Å². The van der Waals surface area contributed by atoms with Crippen LogP contribution in [0.4, 0.5) is 4.79 Å². The molecule has 2 heterocycles. The minimum Gasteiger partial charge on any atom is -0.453 e. The van der Waals surface area contributed by atoms with E-state index in [0.29, 0.717) is 6.54 Å². The molecular formula is C20H25BrN4O4. The number of carbonyl (C=O) groups excluding carboxylic acids is 2. The number of likely N-dealkylation sites (tertiary alicyclic amines) is 1.